The molecule has 0 bridgehead atoms. The van der Waals surface area contributed by atoms with Gasteiger partial charge in [-0.2, -0.15) is 0 Å². The fourth-order valence-electron chi connectivity index (χ4n) is 1.78. The van der Waals surface area contributed by atoms with Crippen LogP contribution < -0.4 is 9.47 Å². The van der Waals surface area contributed by atoms with Gasteiger partial charge >= 0.3 is 0 Å². The van der Waals surface area contributed by atoms with Crippen LogP contribution in [0.2, 0.25) is 0 Å². The zero-order chi connectivity index (χ0) is 12.0. The van der Waals surface area contributed by atoms with E-state index in [9.17, 15) is 0 Å². The molecule has 0 aromatic heterocycles. The average molecular weight is 220 g/mol. The minimum atomic E-state index is 0.545. The Morgan fingerprint density at radius 1 is 1.19 bits per heavy atom. The largest absolute Gasteiger partial charge is 0.493 e. The van der Waals surface area contributed by atoms with E-state index in [0.29, 0.717) is 5.92 Å². The first-order valence-electron chi connectivity index (χ1n) is 5.55. The zero-order valence-corrected chi connectivity index (χ0v) is 10.5. The molecule has 0 radical (unpaired) electrons. The Bertz CT molecular complexity index is 356. The van der Waals surface area contributed by atoms with Gasteiger partial charge in [-0.05, 0) is 37.0 Å². The van der Waals surface area contributed by atoms with Crippen LogP contribution in [0.25, 0.3) is 0 Å². The topological polar surface area (TPSA) is 18.5 Å². The van der Waals surface area contributed by atoms with E-state index in [2.05, 4.69) is 25.1 Å². The minimum absolute atomic E-state index is 0.545. The molecule has 0 heterocycles. The second-order valence-corrected chi connectivity index (χ2v) is 3.90. The van der Waals surface area contributed by atoms with Crippen LogP contribution in [0.3, 0.4) is 0 Å². The summed E-state index contributed by atoms with van der Waals surface area (Å²) in [6.07, 6.45) is 5.31. The Morgan fingerprint density at radius 3 is 2.44 bits per heavy atom. The molecule has 0 amide bonds. The fourth-order valence-corrected chi connectivity index (χ4v) is 1.78. The number of rotatable bonds is 5. The molecule has 0 aliphatic carbocycles. The van der Waals surface area contributed by atoms with E-state index < -0.39 is 0 Å². The van der Waals surface area contributed by atoms with Crippen molar-refractivity contribution < 1.29 is 9.47 Å². The van der Waals surface area contributed by atoms with Crippen molar-refractivity contribution >= 4 is 0 Å². The second kappa shape index (κ2) is 6.21. The highest BCUT2D eigenvalue weighted by molar-refractivity contribution is 5.43. The summed E-state index contributed by atoms with van der Waals surface area (Å²) in [5.74, 6) is 2.13. The van der Waals surface area contributed by atoms with E-state index in [1.165, 1.54) is 5.56 Å². The minimum Gasteiger partial charge on any atom is -0.493 e. The summed E-state index contributed by atoms with van der Waals surface area (Å²) in [7, 11) is 3.32. The van der Waals surface area contributed by atoms with Crippen molar-refractivity contribution in [1.82, 2.24) is 0 Å². The number of benzene rings is 1. The van der Waals surface area contributed by atoms with Gasteiger partial charge in [-0.15, -0.1) is 0 Å². The molecule has 1 aromatic rings. The lowest BCUT2D eigenvalue weighted by atomic mass is 10.0. The molecular formula is C14H20O2. The molecule has 0 spiro atoms. The first-order chi connectivity index (χ1) is 7.71. The normalized spacial score (nSPS) is 12.8. The fraction of sp³-hybridized carbons (Fsp3) is 0.429. The maximum Gasteiger partial charge on any atom is 0.160 e. The van der Waals surface area contributed by atoms with E-state index in [4.69, 9.17) is 9.47 Å². The van der Waals surface area contributed by atoms with Crippen LogP contribution in [-0.2, 0) is 6.42 Å². The first-order valence-corrected chi connectivity index (χ1v) is 5.55. The number of allylic oxidation sites excluding steroid dienone is 2. The van der Waals surface area contributed by atoms with Crippen LogP contribution >= 0.6 is 0 Å². The van der Waals surface area contributed by atoms with Crippen LogP contribution in [0.1, 0.15) is 19.4 Å². The highest BCUT2D eigenvalue weighted by Gasteiger charge is 2.06. The number of ether oxygens (including phenoxy) is 2. The predicted octanol–water partition coefficient (Wildman–Crippen LogP) is 3.46. The molecule has 1 rings (SSSR count). The van der Waals surface area contributed by atoms with Crippen molar-refractivity contribution in [2.24, 2.45) is 5.92 Å². The molecule has 2 heteroatoms. The van der Waals surface area contributed by atoms with Gasteiger partial charge in [0.1, 0.15) is 0 Å². The van der Waals surface area contributed by atoms with Gasteiger partial charge in [0.2, 0.25) is 0 Å². The lowest BCUT2D eigenvalue weighted by molar-refractivity contribution is 0.354. The van der Waals surface area contributed by atoms with Crippen molar-refractivity contribution in [3.05, 3.63) is 35.9 Å². The Morgan fingerprint density at radius 2 is 1.88 bits per heavy atom. The third-order valence-corrected chi connectivity index (χ3v) is 2.53. The summed E-state index contributed by atoms with van der Waals surface area (Å²) in [5.41, 5.74) is 1.27. The summed E-state index contributed by atoms with van der Waals surface area (Å²) >= 11 is 0. The molecule has 1 atom stereocenters. The Hall–Kier alpha value is -1.44. The molecule has 1 unspecified atom stereocenters. The molecule has 1 aromatic carbocycles. The SMILES string of the molecule is C/C=C\C(C)Cc1ccc(OC)c(OC)c1. The van der Waals surface area contributed by atoms with Gasteiger partial charge in [-0.25, -0.2) is 0 Å². The quantitative estimate of drug-likeness (QED) is 0.707. The van der Waals surface area contributed by atoms with E-state index >= 15 is 0 Å². The van der Waals surface area contributed by atoms with E-state index in [0.717, 1.165) is 17.9 Å². The van der Waals surface area contributed by atoms with Gasteiger partial charge in [0.05, 0.1) is 14.2 Å². The number of methoxy groups -OCH3 is 2. The number of hydrogen-bond acceptors (Lipinski definition) is 2. The van der Waals surface area contributed by atoms with Crippen LogP contribution in [0, 0.1) is 5.92 Å². The summed E-state index contributed by atoms with van der Waals surface area (Å²) in [5, 5.41) is 0. The molecule has 0 aliphatic rings. The van der Waals surface area contributed by atoms with Gasteiger partial charge < -0.3 is 9.47 Å². The van der Waals surface area contributed by atoms with E-state index in [1.807, 2.05) is 19.1 Å². The van der Waals surface area contributed by atoms with E-state index in [-0.39, 0.29) is 0 Å². The summed E-state index contributed by atoms with van der Waals surface area (Å²) < 4.78 is 10.5. The summed E-state index contributed by atoms with van der Waals surface area (Å²) in [6.45, 7) is 4.25. The molecular weight excluding hydrogens is 200 g/mol. The zero-order valence-electron chi connectivity index (χ0n) is 10.5. The smallest absolute Gasteiger partial charge is 0.160 e. The Balaban J connectivity index is 2.82. The standard InChI is InChI=1S/C14H20O2/c1-5-6-11(2)9-12-7-8-13(15-3)14(10-12)16-4/h5-8,10-11H,9H2,1-4H3/b6-5-. The third kappa shape index (κ3) is 3.30. The lowest BCUT2D eigenvalue weighted by Crippen LogP contribution is -1.97. The molecule has 0 aliphatic heterocycles. The highest BCUT2D eigenvalue weighted by Crippen LogP contribution is 2.28. The summed E-state index contributed by atoms with van der Waals surface area (Å²) in [6, 6.07) is 6.08. The summed E-state index contributed by atoms with van der Waals surface area (Å²) in [4.78, 5) is 0. The van der Waals surface area contributed by atoms with Crippen LogP contribution in [0.5, 0.6) is 11.5 Å². The van der Waals surface area contributed by atoms with E-state index in [1.54, 1.807) is 14.2 Å². The van der Waals surface area contributed by atoms with Gasteiger partial charge in [0.25, 0.3) is 0 Å². The molecule has 16 heavy (non-hydrogen) atoms. The lowest BCUT2D eigenvalue weighted by Gasteiger charge is -2.11. The molecule has 0 N–H and O–H groups in total. The van der Waals surface area contributed by atoms with Crippen molar-refractivity contribution in [2.75, 3.05) is 14.2 Å². The Labute approximate surface area is 97.9 Å². The maximum absolute atomic E-state index is 5.28. The van der Waals surface area contributed by atoms with Crippen molar-refractivity contribution in [3.8, 4) is 11.5 Å². The molecule has 88 valence electrons. The maximum atomic E-state index is 5.28. The second-order valence-electron chi connectivity index (χ2n) is 3.90. The number of hydrogen-bond donors (Lipinski definition) is 0. The first kappa shape index (κ1) is 12.6. The highest BCUT2D eigenvalue weighted by atomic mass is 16.5. The van der Waals surface area contributed by atoms with Gasteiger partial charge in [0.15, 0.2) is 11.5 Å². The molecule has 0 fully saturated rings. The van der Waals surface area contributed by atoms with Gasteiger partial charge in [0, 0.05) is 0 Å². The van der Waals surface area contributed by atoms with Crippen molar-refractivity contribution in [3.63, 3.8) is 0 Å². The van der Waals surface area contributed by atoms with Crippen LogP contribution in [0.4, 0.5) is 0 Å². The molecule has 0 saturated carbocycles. The third-order valence-electron chi connectivity index (χ3n) is 2.53. The molecule has 2 nitrogen and oxygen atoms in total. The average Bonchev–Trinajstić information content (AvgIpc) is 2.29. The molecule has 0 saturated heterocycles. The van der Waals surface area contributed by atoms with Crippen molar-refractivity contribution in [2.45, 2.75) is 20.3 Å². The van der Waals surface area contributed by atoms with Gasteiger partial charge in [-0.1, -0.05) is 25.1 Å². The Kier molecular flexibility index (Phi) is 4.90. The predicted molar refractivity (Wildman–Crippen MR) is 67.2 cm³/mol. The monoisotopic (exact) mass is 220 g/mol. The van der Waals surface area contributed by atoms with Crippen LogP contribution in [-0.4, -0.2) is 14.2 Å². The van der Waals surface area contributed by atoms with Crippen molar-refractivity contribution in [1.29, 1.82) is 0 Å². The van der Waals surface area contributed by atoms with Gasteiger partial charge in [-0.3, -0.25) is 0 Å². The van der Waals surface area contributed by atoms with Crippen LogP contribution in [0.15, 0.2) is 30.4 Å².